The Labute approximate surface area is 127 Å². The molecule has 0 saturated heterocycles. The molecule has 0 aliphatic heterocycles. The molecule has 0 aliphatic carbocycles. The largest absolute Gasteiger partial charge is 0.494 e. The first-order valence-electron chi connectivity index (χ1n) is 5.91. The van der Waals surface area contributed by atoms with Gasteiger partial charge in [0.1, 0.15) is 5.56 Å². The molecule has 0 radical (unpaired) electrons. The topological polar surface area (TPSA) is 29.5 Å². The van der Waals surface area contributed by atoms with E-state index < -0.39 is 0 Å². The molecule has 20 heavy (non-hydrogen) atoms. The molecule has 0 unspecified atom stereocenters. The van der Waals surface area contributed by atoms with Crippen molar-refractivity contribution in [2.75, 3.05) is 19.1 Å². The average molecular weight is 310 g/mol. The van der Waals surface area contributed by atoms with Crippen molar-refractivity contribution in [3.05, 3.63) is 58.1 Å². The van der Waals surface area contributed by atoms with Gasteiger partial charge in [-0.25, -0.2) is 0 Å². The van der Waals surface area contributed by atoms with Gasteiger partial charge in [-0.05, 0) is 24.3 Å². The highest BCUT2D eigenvalue weighted by Gasteiger charge is 2.23. The first kappa shape index (κ1) is 14.7. The SMILES string of the molecule is COc1c(Cl)ccc(Cl)c1C(=O)N(C)c1ccccc1. The molecule has 0 saturated carbocycles. The van der Waals surface area contributed by atoms with Gasteiger partial charge >= 0.3 is 0 Å². The average Bonchev–Trinajstić information content (AvgIpc) is 2.48. The zero-order valence-electron chi connectivity index (χ0n) is 11.1. The molecular weight excluding hydrogens is 297 g/mol. The van der Waals surface area contributed by atoms with Gasteiger partial charge in [0, 0.05) is 12.7 Å². The van der Waals surface area contributed by atoms with Gasteiger partial charge < -0.3 is 9.64 Å². The minimum Gasteiger partial charge on any atom is -0.494 e. The van der Waals surface area contributed by atoms with E-state index in [1.165, 1.54) is 12.0 Å². The lowest BCUT2D eigenvalue weighted by atomic mass is 10.1. The maximum absolute atomic E-state index is 12.6. The maximum Gasteiger partial charge on any atom is 0.263 e. The van der Waals surface area contributed by atoms with Crippen molar-refractivity contribution in [1.29, 1.82) is 0 Å². The van der Waals surface area contributed by atoms with Crippen molar-refractivity contribution in [2.45, 2.75) is 0 Å². The molecular formula is C15H13Cl2NO2. The summed E-state index contributed by atoms with van der Waals surface area (Å²) < 4.78 is 5.20. The molecule has 0 aliphatic rings. The number of hydrogen-bond donors (Lipinski definition) is 0. The standard InChI is InChI=1S/C15H13Cl2NO2/c1-18(10-6-4-3-5-7-10)15(19)13-11(16)8-9-12(17)14(13)20-2/h3-9H,1-2H3. The molecule has 0 heterocycles. The van der Waals surface area contributed by atoms with E-state index in [9.17, 15) is 4.79 Å². The molecule has 5 heteroatoms. The van der Waals surface area contributed by atoms with Crippen LogP contribution < -0.4 is 9.64 Å². The number of methoxy groups -OCH3 is 1. The Bertz CT molecular complexity index is 629. The number of benzene rings is 2. The van der Waals surface area contributed by atoms with Crippen molar-refractivity contribution in [2.24, 2.45) is 0 Å². The number of hydrogen-bond acceptors (Lipinski definition) is 2. The summed E-state index contributed by atoms with van der Waals surface area (Å²) in [4.78, 5) is 14.1. The van der Waals surface area contributed by atoms with E-state index in [1.54, 1.807) is 19.2 Å². The number of ether oxygens (including phenoxy) is 1. The number of halogens is 2. The van der Waals surface area contributed by atoms with E-state index in [4.69, 9.17) is 27.9 Å². The zero-order chi connectivity index (χ0) is 14.7. The fourth-order valence-corrected chi connectivity index (χ4v) is 2.33. The third-order valence-electron chi connectivity index (χ3n) is 2.92. The molecule has 2 aromatic carbocycles. The second-order valence-corrected chi connectivity index (χ2v) is 4.95. The molecule has 2 aromatic rings. The molecule has 0 N–H and O–H groups in total. The summed E-state index contributed by atoms with van der Waals surface area (Å²) in [5.41, 5.74) is 1.02. The molecule has 0 spiro atoms. The highest BCUT2D eigenvalue weighted by atomic mass is 35.5. The van der Waals surface area contributed by atoms with Gasteiger partial charge in [-0.1, -0.05) is 41.4 Å². The number of nitrogens with zero attached hydrogens (tertiary/aromatic N) is 1. The van der Waals surface area contributed by atoms with Crippen LogP contribution in [0.1, 0.15) is 10.4 Å². The highest BCUT2D eigenvalue weighted by Crippen LogP contribution is 2.35. The van der Waals surface area contributed by atoms with Crippen LogP contribution in [0.4, 0.5) is 5.69 Å². The highest BCUT2D eigenvalue weighted by molar-refractivity contribution is 6.37. The summed E-state index contributed by atoms with van der Waals surface area (Å²) in [5.74, 6) is 0.00694. The van der Waals surface area contributed by atoms with E-state index in [1.807, 2.05) is 30.3 Å². The molecule has 104 valence electrons. The lowest BCUT2D eigenvalue weighted by molar-refractivity contribution is 0.0990. The van der Waals surface area contributed by atoms with E-state index in [-0.39, 0.29) is 17.2 Å². The summed E-state index contributed by atoms with van der Waals surface area (Å²) in [7, 11) is 3.13. The Hall–Kier alpha value is -1.71. The summed E-state index contributed by atoms with van der Waals surface area (Å²) in [6, 6.07) is 12.5. The third kappa shape index (κ3) is 2.74. The van der Waals surface area contributed by atoms with Crippen LogP contribution in [-0.2, 0) is 0 Å². The van der Waals surface area contributed by atoms with E-state index in [0.717, 1.165) is 5.69 Å². The fourth-order valence-electron chi connectivity index (χ4n) is 1.87. The van der Waals surface area contributed by atoms with Crippen LogP contribution in [-0.4, -0.2) is 20.1 Å². The Morgan fingerprint density at radius 2 is 1.65 bits per heavy atom. The summed E-state index contributed by atoms with van der Waals surface area (Å²) >= 11 is 12.2. The molecule has 0 atom stereocenters. The van der Waals surface area contributed by atoms with E-state index in [0.29, 0.717) is 10.0 Å². The van der Waals surface area contributed by atoms with Crippen LogP contribution in [0.5, 0.6) is 5.75 Å². The van der Waals surface area contributed by atoms with Crippen LogP contribution in [0.3, 0.4) is 0 Å². The Balaban J connectivity index is 2.46. The van der Waals surface area contributed by atoms with Gasteiger partial charge in [-0.2, -0.15) is 0 Å². The fraction of sp³-hybridized carbons (Fsp3) is 0.133. The first-order valence-corrected chi connectivity index (χ1v) is 6.67. The number of anilines is 1. The second-order valence-electron chi connectivity index (χ2n) is 4.14. The molecule has 2 rings (SSSR count). The quantitative estimate of drug-likeness (QED) is 0.847. The molecule has 0 aromatic heterocycles. The van der Waals surface area contributed by atoms with E-state index in [2.05, 4.69) is 0 Å². The minimum atomic E-state index is -0.277. The normalized spacial score (nSPS) is 10.2. The van der Waals surface area contributed by atoms with Crippen molar-refractivity contribution >= 4 is 34.8 Å². The molecule has 0 fully saturated rings. The molecule has 0 bridgehead atoms. The zero-order valence-corrected chi connectivity index (χ0v) is 12.6. The van der Waals surface area contributed by atoms with Crippen LogP contribution in [0, 0.1) is 0 Å². The predicted octanol–water partition coefficient (Wildman–Crippen LogP) is 4.28. The van der Waals surface area contributed by atoms with Crippen LogP contribution in [0.25, 0.3) is 0 Å². The van der Waals surface area contributed by atoms with Gasteiger partial charge in [0.05, 0.1) is 17.2 Å². The van der Waals surface area contributed by atoms with Crippen LogP contribution in [0.2, 0.25) is 10.0 Å². The number of carbonyl (C=O) groups excluding carboxylic acids is 1. The van der Waals surface area contributed by atoms with E-state index >= 15 is 0 Å². The van der Waals surface area contributed by atoms with Gasteiger partial charge in [-0.3, -0.25) is 4.79 Å². The van der Waals surface area contributed by atoms with Crippen molar-refractivity contribution in [1.82, 2.24) is 0 Å². The Kier molecular flexibility index (Phi) is 4.53. The summed E-state index contributed by atoms with van der Waals surface area (Å²) in [6.45, 7) is 0. The van der Waals surface area contributed by atoms with Crippen molar-refractivity contribution in [3.63, 3.8) is 0 Å². The summed E-state index contributed by atoms with van der Waals surface area (Å²) in [5, 5.41) is 0.653. The number of rotatable bonds is 3. The van der Waals surface area contributed by atoms with Gasteiger partial charge in [0.15, 0.2) is 5.75 Å². The van der Waals surface area contributed by atoms with Crippen molar-refractivity contribution in [3.8, 4) is 5.75 Å². The van der Waals surface area contributed by atoms with Gasteiger partial charge in [-0.15, -0.1) is 0 Å². The minimum absolute atomic E-state index is 0.257. The molecule has 1 amide bonds. The molecule has 3 nitrogen and oxygen atoms in total. The van der Waals surface area contributed by atoms with Gasteiger partial charge in [0.25, 0.3) is 5.91 Å². The first-order chi connectivity index (χ1) is 9.56. The smallest absolute Gasteiger partial charge is 0.263 e. The van der Waals surface area contributed by atoms with Crippen LogP contribution in [0.15, 0.2) is 42.5 Å². The number of carbonyl (C=O) groups is 1. The monoisotopic (exact) mass is 309 g/mol. The number of amides is 1. The Morgan fingerprint density at radius 3 is 2.25 bits per heavy atom. The van der Waals surface area contributed by atoms with Crippen LogP contribution >= 0.6 is 23.2 Å². The van der Waals surface area contributed by atoms with Gasteiger partial charge in [0.2, 0.25) is 0 Å². The lowest BCUT2D eigenvalue weighted by Crippen LogP contribution is -2.27. The maximum atomic E-state index is 12.6. The lowest BCUT2D eigenvalue weighted by Gasteiger charge is -2.20. The number of para-hydroxylation sites is 1. The summed E-state index contributed by atoms with van der Waals surface area (Å²) in [6.07, 6.45) is 0. The third-order valence-corrected chi connectivity index (χ3v) is 3.54. The Morgan fingerprint density at radius 1 is 1.05 bits per heavy atom. The van der Waals surface area contributed by atoms with Crippen molar-refractivity contribution < 1.29 is 9.53 Å². The second kappa shape index (κ2) is 6.16. The predicted molar refractivity (Wildman–Crippen MR) is 82.2 cm³/mol.